The quantitative estimate of drug-likeness (QED) is 0.479. The summed E-state index contributed by atoms with van der Waals surface area (Å²) >= 11 is 0. The highest BCUT2D eigenvalue weighted by Crippen LogP contribution is 2.01. The summed E-state index contributed by atoms with van der Waals surface area (Å²) in [6.07, 6.45) is 1.80. The molecule has 5 heteroatoms. The normalized spacial score (nSPS) is 11.1. The molecule has 2 N–H and O–H groups in total. The molecule has 0 aliphatic rings. The maximum Gasteiger partial charge on any atom is 0.333 e. The largest absolute Gasteiger partial charge is 0.481 e. The van der Waals surface area contributed by atoms with E-state index in [2.05, 4.69) is 4.74 Å². The number of hydrogen-bond donors (Lipinski definition) is 2. The Kier molecular flexibility index (Phi) is 6.39. The second-order valence-corrected chi connectivity index (χ2v) is 2.68. The van der Waals surface area contributed by atoms with Gasteiger partial charge in [-0.05, 0) is 13.3 Å². The van der Waals surface area contributed by atoms with Crippen LogP contribution in [0.15, 0.2) is 11.6 Å². The van der Waals surface area contributed by atoms with Crippen molar-refractivity contribution >= 4 is 11.9 Å². The first-order valence-corrected chi connectivity index (χ1v) is 4.24. The lowest BCUT2D eigenvalue weighted by atomic mass is 10.2. The first kappa shape index (κ1) is 12.6. The van der Waals surface area contributed by atoms with Gasteiger partial charge < -0.3 is 14.9 Å². The van der Waals surface area contributed by atoms with Gasteiger partial charge in [0.15, 0.2) is 0 Å². The van der Waals surface area contributed by atoms with E-state index in [1.165, 1.54) is 6.08 Å². The highest BCUT2D eigenvalue weighted by molar-refractivity contribution is 5.87. The first-order valence-electron chi connectivity index (χ1n) is 4.24. The van der Waals surface area contributed by atoms with Crippen LogP contribution in [0.5, 0.6) is 0 Å². The molecule has 0 saturated heterocycles. The monoisotopic (exact) mass is 202 g/mol. The summed E-state index contributed by atoms with van der Waals surface area (Å²) in [5.74, 6) is -1.43. The number of carbonyl (C=O) groups is 2. The zero-order valence-corrected chi connectivity index (χ0v) is 8.02. The number of aliphatic hydroxyl groups is 1. The number of ether oxygens (including phenoxy) is 1. The number of aliphatic carboxylic acids is 1. The summed E-state index contributed by atoms with van der Waals surface area (Å²) in [6, 6.07) is 0. The maximum atomic E-state index is 11.0. The number of carboxylic acids is 1. The Morgan fingerprint density at radius 1 is 1.43 bits per heavy atom. The Labute approximate surface area is 82.0 Å². The van der Waals surface area contributed by atoms with Crippen molar-refractivity contribution in [3.63, 3.8) is 0 Å². The molecule has 0 heterocycles. The Morgan fingerprint density at radius 3 is 2.57 bits per heavy atom. The summed E-state index contributed by atoms with van der Waals surface area (Å²) in [4.78, 5) is 21.2. The van der Waals surface area contributed by atoms with Crippen LogP contribution < -0.4 is 0 Å². The van der Waals surface area contributed by atoms with Crippen LogP contribution in [0.25, 0.3) is 0 Å². The molecule has 14 heavy (non-hydrogen) atoms. The number of aliphatic hydroxyl groups excluding tert-OH is 1. The van der Waals surface area contributed by atoms with E-state index in [1.54, 1.807) is 6.92 Å². The van der Waals surface area contributed by atoms with Gasteiger partial charge >= 0.3 is 11.9 Å². The van der Waals surface area contributed by atoms with E-state index >= 15 is 0 Å². The zero-order valence-electron chi connectivity index (χ0n) is 8.02. The van der Waals surface area contributed by atoms with Gasteiger partial charge in [-0.2, -0.15) is 0 Å². The molecule has 0 aromatic heterocycles. The van der Waals surface area contributed by atoms with Gasteiger partial charge in [0.2, 0.25) is 0 Å². The van der Waals surface area contributed by atoms with Crippen molar-refractivity contribution in [1.29, 1.82) is 0 Å². The molecule has 0 rings (SSSR count). The van der Waals surface area contributed by atoms with Crippen LogP contribution in [0.2, 0.25) is 0 Å². The first-order chi connectivity index (χ1) is 6.57. The lowest BCUT2D eigenvalue weighted by Crippen LogP contribution is -2.09. The Morgan fingerprint density at radius 2 is 2.07 bits per heavy atom. The van der Waals surface area contributed by atoms with E-state index in [4.69, 9.17) is 10.2 Å². The van der Waals surface area contributed by atoms with Crippen molar-refractivity contribution in [3.8, 4) is 0 Å². The highest BCUT2D eigenvalue weighted by atomic mass is 16.5. The van der Waals surface area contributed by atoms with E-state index < -0.39 is 11.9 Å². The lowest BCUT2D eigenvalue weighted by Gasteiger charge is -2.01. The van der Waals surface area contributed by atoms with Gasteiger partial charge in [-0.25, -0.2) is 4.79 Å². The Hall–Kier alpha value is -1.36. The summed E-state index contributed by atoms with van der Waals surface area (Å²) < 4.78 is 4.61. The minimum absolute atomic E-state index is 0.00931. The molecule has 0 aromatic carbocycles. The van der Waals surface area contributed by atoms with Crippen LogP contribution in [0, 0.1) is 0 Å². The van der Waals surface area contributed by atoms with E-state index in [9.17, 15) is 9.59 Å². The molecule has 0 aliphatic heterocycles. The Bertz CT molecular complexity index is 231. The van der Waals surface area contributed by atoms with Gasteiger partial charge in [-0.1, -0.05) is 6.08 Å². The van der Waals surface area contributed by atoms with E-state index in [0.29, 0.717) is 12.0 Å². The molecule has 0 atom stereocenters. The highest BCUT2D eigenvalue weighted by Gasteiger charge is 2.04. The molecule has 0 radical (unpaired) electrons. The van der Waals surface area contributed by atoms with E-state index in [-0.39, 0.29) is 19.6 Å². The molecule has 0 bridgehead atoms. The van der Waals surface area contributed by atoms with Crippen LogP contribution in [-0.2, 0) is 14.3 Å². The second kappa shape index (κ2) is 7.08. The van der Waals surface area contributed by atoms with Crippen LogP contribution in [0.3, 0.4) is 0 Å². The van der Waals surface area contributed by atoms with Gasteiger partial charge in [-0.15, -0.1) is 0 Å². The van der Waals surface area contributed by atoms with Crippen LogP contribution in [-0.4, -0.2) is 35.4 Å². The average Bonchev–Trinajstić information content (AvgIpc) is 2.13. The van der Waals surface area contributed by atoms with E-state index in [1.807, 2.05) is 0 Å². The smallest absolute Gasteiger partial charge is 0.333 e. The molecule has 5 nitrogen and oxygen atoms in total. The van der Waals surface area contributed by atoms with Gasteiger partial charge in [0.25, 0.3) is 0 Å². The molecular weight excluding hydrogens is 188 g/mol. The standard InChI is InChI=1S/C9H14O5/c1-7(3-2-4-8(11)12)9(13)14-6-5-10/h3,10H,2,4-6H2,1H3,(H,11,12). The van der Waals surface area contributed by atoms with E-state index in [0.717, 1.165) is 0 Å². The van der Waals surface area contributed by atoms with Crippen molar-refractivity contribution < 1.29 is 24.5 Å². The SMILES string of the molecule is CC(=CCCC(=O)O)C(=O)OCCO. The minimum Gasteiger partial charge on any atom is -0.481 e. The molecule has 0 aliphatic carbocycles. The zero-order chi connectivity index (χ0) is 11.0. The predicted molar refractivity (Wildman–Crippen MR) is 48.7 cm³/mol. The summed E-state index contributed by atoms with van der Waals surface area (Å²) in [6.45, 7) is 1.29. The third kappa shape index (κ3) is 6.19. The topological polar surface area (TPSA) is 83.8 Å². The maximum absolute atomic E-state index is 11.0. The summed E-state index contributed by atoms with van der Waals surface area (Å²) in [7, 11) is 0. The molecule has 0 unspecified atom stereocenters. The van der Waals surface area contributed by atoms with Crippen molar-refractivity contribution in [2.24, 2.45) is 0 Å². The molecule has 0 amide bonds. The van der Waals surface area contributed by atoms with Gasteiger partial charge in [-0.3, -0.25) is 4.79 Å². The van der Waals surface area contributed by atoms with Gasteiger partial charge in [0, 0.05) is 12.0 Å². The molecule has 0 spiro atoms. The number of carboxylic acid groups (broad SMARTS) is 1. The fraction of sp³-hybridized carbons (Fsp3) is 0.556. The van der Waals surface area contributed by atoms with Gasteiger partial charge in [0.1, 0.15) is 6.61 Å². The number of carbonyl (C=O) groups excluding carboxylic acids is 1. The van der Waals surface area contributed by atoms with Crippen LogP contribution >= 0.6 is 0 Å². The molecular formula is C9H14O5. The fourth-order valence-electron chi connectivity index (χ4n) is 0.748. The van der Waals surface area contributed by atoms with Gasteiger partial charge in [0.05, 0.1) is 6.61 Å². The summed E-state index contributed by atoms with van der Waals surface area (Å²) in [5.41, 5.74) is 0.361. The average molecular weight is 202 g/mol. The number of allylic oxidation sites excluding steroid dienone is 1. The number of esters is 1. The molecule has 80 valence electrons. The third-order valence-electron chi connectivity index (χ3n) is 1.46. The van der Waals surface area contributed by atoms with Crippen molar-refractivity contribution in [3.05, 3.63) is 11.6 Å². The molecule has 0 saturated carbocycles. The minimum atomic E-state index is -0.905. The van der Waals surface area contributed by atoms with Crippen molar-refractivity contribution in [2.45, 2.75) is 19.8 Å². The number of rotatable bonds is 6. The predicted octanol–water partition coefficient (Wildman–Crippen LogP) is 0.333. The van der Waals surface area contributed by atoms with Crippen molar-refractivity contribution in [2.75, 3.05) is 13.2 Å². The summed E-state index contributed by atoms with van der Waals surface area (Å²) in [5, 5.41) is 16.7. The van der Waals surface area contributed by atoms with Crippen molar-refractivity contribution in [1.82, 2.24) is 0 Å². The third-order valence-corrected chi connectivity index (χ3v) is 1.46. The number of hydrogen-bond acceptors (Lipinski definition) is 4. The lowest BCUT2D eigenvalue weighted by molar-refractivity contribution is -0.140. The second-order valence-electron chi connectivity index (χ2n) is 2.68. The van der Waals surface area contributed by atoms with Crippen LogP contribution in [0.4, 0.5) is 0 Å². The molecule has 0 aromatic rings. The Balaban J connectivity index is 3.85. The molecule has 0 fully saturated rings. The van der Waals surface area contributed by atoms with Crippen LogP contribution in [0.1, 0.15) is 19.8 Å². The fourth-order valence-corrected chi connectivity index (χ4v) is 0.748.